The zero-order valence-corrected chi connectivity index (χ0v) is 8.11. The summed E-state index contributed by atoms with van der Waals surface area (Å²) in [6, 6.07) is 3.73. The molecule has 0 aromatic carbocycles. The van der Waals surface area contributed by atoms with E-state index in [1.807, 2.05) is 19.1 Å². The summed E-state index contributed by atoms with van der Waals surface area (Å²) in [5.74, 6) is 1.36. The molecule has 0 spiro atoms. The van der Waals surface area contributed by atoms with Gasteiger partial charge in [0.15, 0.2) is 5.76 Å². The molecule has 0 bridgehead atoms. The summed E-state index contributed by atoms with van der Waals surface area (Å²) in [7, 11) is 1.79. The van der Waals surface area contributed by atoms with Gasteiger partial charge in [-0.25, -0.2) is 9.97 Å². The monoisotopic (exact) mass is 189 g/mol. The SMILES string of the molecule is CNc1ncc(C)c(-c2ccco2)n1. The van der Waals surface area contributed by atoms with Gasteiger partial charge in [0.25, 0.3) is 0 Å². The van der Waals surface area contributed by atoms with Gasteiger partial charge in [0.1, 0.15) is 5.69 Å². The molecule has 72 valence electrons. The second-order valence-electron chi connectivity index (χ2n) is 2.95. The molecular formula is C10H11N3O. The van der Waals surface area contributed by atoms with E-state index in [4.69, 9.17) is 4.42 Å². The van der Waals surface area contributed by atoms with E-state index in [0.29, 0.717) is 5.95 Å². The number of hydrogen-bond donors (Lipinski definition) is 1. The summed E-state index contributed by atoms with van der Waals surface area (Å²) < 4.78 is 5.28. The van der Waals surface area contributed by atoms with Crippen molar-refractivity contribution in [1.29, 1.82) is 0 Å². The third-order valence-corrected chi connectivity index (χ3v) is 1.95. The minimum atomic E-state index is 0.599. The maximum atomic E-state index is 5.28. The van der Waals surface area contributed by atoms with Crippen molar-refractivity contribution in [3.8, 4) is 11.5 Å². The van der Waals surface area contributed by atoms with Crippen molar-refractivity contribution in [3.63, 3.8) is 0 Å². The summed E-state index contributed by atoms with van der Waals surface area (Å²) in [4.78, 5) is 8.42. The van der Waals surface area contributed by atoms with Crippen LogP contribution in [0, 0.1) is 6.92 Å². The Morgan fingerprint density at radius 1 is 1.43 bits per heavy atom. The van der Waals surface area contributed by atoms with E-state index in [0.717, 1.165) is 17.0 Å². The molecule has 2 aromatic heterocycles. The van der Waals surface area contributed by atoms with Crippen molar-refractivity contribution < 1.29 is 4.42 Å². The number of hydrogen-bond acceptors (Lipinski definition) is 4. The molecule has 0 amide bonds. The standard InChI is InChI=1S/C10H11N3O/c1-7-6-12-10(11-2)13-9(7)8-4-3-5-14-8/h3-6H,1-2H3,(H,11,12,13). The lowest BCUT2D eigenvalue weighted by Gasteiger charge is -2.03. The first-order chi connectivity index (χ1) is 6.81. The Bertz CT molecular complexity index is 423. The van der Waals surface area contributed by atoms with Gasteiger partial charge >= 0.3 is 0 Å². The zero-order chi connectivity index (χ0) is 9.97. The average Bonchev–Trinajstić information content (AvgIpc) is 2.71. The van der Waals surface area contributed by atoms with Crippen LogP contribution >= 0.6 is 0 Å². The first-order valence-electron chi connectivity index (χ1n) is 4.36. The average molecular weight is 189 g/mol. The second kappa shape index (κ2) is 3.49. The maximum absolute atomic E-state index is 5.28. The fraction of sp³-hybridized carbons (Fsp3) is 0.200. The third kappa shape index (κ3) is 1.46. The number of anilines is 1. The van der Waals surface area contributed by atoms with Gasteiger partial charge in [0.05, 0.1) is 6.26 Å². The van der Waals surface area contributed by atoms with Crippen LogP contribution in [0.1, 0.15) is 5.56 Å². The van der Waals surface area contributed by atoms with Crippen LogP contribution in [0.25, 0.3) is 11.5 Å². The second-order valence-corrected chi connectivity index (χ2v) is 2.95. The van der Waals surface area contributed by atoms with Crippen LogP contribution < -0.4 is 5.32 Å². The van der Waals surface area contributed by atoms with Gasteiger partial charge in [-0.05, 0) is 24.6 Å². The highest BCUT2D eigenvalue weighted by atomic mass is 16.3. The van der Waals surface area contributed by atoms with Gasteiger partial charge in [-0.2, -0.15) is 0 Å². The molecule has 2 heterocycles. The Hall–Kier alpha value is -1.84. The summed E-state index contributed by atoms with van der Waals surface area (Å²) in [6.07, 6.45) is 3.41. The Morgan fingerprint density at radius 2 is 2.29 bits per heavy atom. The van der Waals surface area contributed by atoms with E-state index in [1.165, 1.54) is 0 Å². The van der Waals surface area contributed by atoms with Crippen LogP contribution in [-0.4, -0.2) is 17.0 Å². The van der Waals surface area contributed by atoms with Crippen molar-refractivity contribution in [3.05, 3.63) is 30.2 Å². The molecule has 2 rings (SSSR count). The Morgan fingerprint density at radius 3 is 2.93 bits per heavy atom. The van der Waals surface area contributed by atoms with Gasteiger partial charge < -0.3 is 9.73 Å². The Kier molecular flexibility index (Phi) is 2.18. The fourth-order valence-electron chi connectivity index (χ4n) is 1.23. The number of nitrogens with one attached hydrogen (secondary N) is 1. The number of aromatic nitrogens is 2. The van der Waals surface area contributed by atoms with Crippen molar-refractivity contribution in [2.45, 2.75) is 6.92 Å². The molecule has 0 atom stereocenters. The number of furan rings is 1. The normalized spacial score (nSPS) is 10.1. The number of aryl methyl sites for hydroxylation is 1. The van der Waals surface area contributed by atoms with Crippen molar-refractivity contribution in [2.75, 3.05) is 12.4 Å². The van der Waals surface area contributed by atoms with Crippen LogP contribution in [0.3, 0.4) is 0 Å². The summed E-state index contributed by atoms with van der Waals surface area (Å²) in [6.45, 7) is 1.96. The topological polar surface area (TPSA) is 51.0 Å². The van der Waals surface area contributed by atoms with E-state index < -0.39 is 0 Å². The summed E-state index contributed by atoms with van der Waals surface area (Å²) in [5.41, 5.74) is 1.83. The lowest BCUT2D eigenvalue weighted by atomic mass is 10.2. The Balaban J connectivity index is 2.51. The molecule has 0 radical (unpaired) electrons. The highest BCUT2D eigenvalue weighted by Gasteiger charge is 2.07. The zero-order valence-electron chi connectivity index (χ0n) is 8.11. The number of rotatable bonds is 2. The highest BCUT2D eigenvalue weighted by molar-refractivity contribution is 5.57. The third-order valence-electron chi connectivity index (χ3n) is 1.95. The van der Waals surface area contributed by atoms with Gasteiger partial charge in [-0.3, -0.25) is 0 Å². The molecule has 2 aromatic rings. The van der Waals surface area contributed by atoms with Crippen molar-refractivity contribution in [1.82, 2.24) is 9.97 Å². The molecule has 14 heavy (non-hydrogen) atoms. The first-order valence-corrected chi connectivity index (χ1v) is 4.36. The number of nitrogens with zero attached hydrogens (tertiary/aromatic N) is 2. The highest BCUT2D eigenvalue weighted by Crippen LogP contribution is 2.21. The van der Waals surface area contributed by atoms with E-state index in [-0.39, 0.29) is 0 Å². The molecule has 0 aliphatic carbocycles. The van der Waals surface area contributed by atoms with Crippen molar-refractivity contribution >= 4 is 5.95 Å². The molecule has 0 saturated carbocycles. The molecule has 0 unspecified atom stereocenters. The maximum Gasteiger partial charge on any atom is 0.223 e. The predicted octanol–water partition coefficient (Wildman–Crippen LogP) is 2.09. The predicted molar refractivity (Wildman–Crippen MR) is 54.0 cm³/mol. The minimum Gasteiger partial charge on any atom is -0.463 e. The fourth-order valence-corrected chi connectivity index (χ4v) is 1.23. The lowest BCUT2D eigenvalue weighted by Crippen LogP contribution is -1.98. The van der Waals surface area contributed by atoms with Crippen LogP contribution in [0.5, 0.6) is 0 Å². The van der Waals surface area contributed by atoms with Crippen molar-refractivity contribution in [2.24, 2.45) is 0 Å². The van der Waals surface area contributed by atoms with Gasteiger partial charge in [0.2, 0.25) is 5.95 Å². The van der Waals surface area contributed by atoms with Gasteiger partial charge in [0, 0.05) is 13.2 Å². The molecule has 0 fully saturated rings. The summed E-state index contributed by atoms with van der Waals surface area (Å²) >= 11 is 0. The van der Waals surface area contributed by atoms with Crippen LogP contribution in [0.15, 0.2) is 29.0 Å². The van der Waals surface area contributed by atoms with E-state index in [1.54, 1.807) is 19.5 Å². The molecule has 1 N–H and O–H groups in total. The molecular weight excluding hydrogens is 178 g/mol. The van der Waals surface area contributed by atoms with Crippen LogP contribution in [0.4, 0.5) is 5.95 Å². The summed E-state index contributed by atoms with van der Waals surface area (Å²) in [5, 5.41) is 2.89. The van der Waals surface area contributed by atoms with Gasteiger partial charge in [-0.1, -0.05) is 0 Å². The largest absolute Gasteiger partial charge is 0.463 e. The van der Waals surface area contributed by atoms with E-state index in [9.17, 15) is 0 Å². The molecule has 4 nitrogen and oxygen atoms in total. The van der Waals surface area contributed by atoms with Gasteiger partial charge in [-0.15, -0.1) is 0 Å². The minimum absolute atomic E-state index is 0.599. The van der Waals surface area contributed by atoms with Crippen LogP contribution in [-0.2, 0) is 0 Å². The molecule has 4 heteroatoms. The quantitative estimate of drug-likeness (QED) is 0.785. The molecule has 0 aliphatic heterocycles. The van der Waals surface area contributed by atoms with Crippen LogP contribution in [0.2, 0.25) is 0 Å². The Labute approximate surface area is 82.0 Å². The smallest absolute Gasteiger partial charge is 0.223 e. The van der Waals surface area contributed by atoms with E-state index in [2.05, 4.69) is 15.3 Å². The van der Waals surface area contributed by atoms with E-state index >= 15 is 0 Å². The molecule has 0 aliphatic rings. The first kappa shape index (κ1) is 8.74. The lowest BCUT2D eigenvalue weighted by molar-refractivity contribution is 0.579. The molecule has 0 saturated heterocycles.